The fourth-order valence-corrected chi connectivity index (χ4v) is 2.66. The zero-order valence-electron chi connectivity index (χ0n) is 10.2. The Kier molecular flexibility index (Phi) is 3.65. The molecule has 2 atom stereocenters. The Labute approximate surface area is 93.6 Å². The van der Waals surface area contributed by atoms with Gasteiger partial charge in [-0.2, -0.15) is 0 Å². The van der Waals surface area contributed by atoms with E-state index in [0.29, 0.717) is 12.1 Å². The second-order valence-corrected chi connectivity index (χ2v) is 5.51. The molecule has 0 aromatic carbocycles. The highest BCUT2D eigenvalue weighted by Crippen LogP contribution is 2.34. The van der Waals surface area contributed by atoms with E-state index in [9.17, 15) is 0 Å². The second kappa shape index (κ2) is 4.81. The van der Waals surface area contributed by atoms with Crippen LogP contribution in [0.5, 0.6) is 0 Å². The van der Waals surface area contributed by atoms with Crippen molar-refractivity contribution in [2.24, 2.45) is 11.7 Å². The molecule has 88 valence electrons. The smallest absolute Gasteiger partial charge is 0.0371 e. The van der Waals surface area contributed by atoms with Gasteiger partial charge in [-0.1, -0.05) is 12.8 Å². The van der Waals surface area contributed by atoms with E-state index in [0.717, 1.165) is 12.5 Å². The first-order chi connectivity index (χ1) is 7.16. The normalized spacial score (nSPS) is 32.6. The molecule has 2 N–H and O–H groups in total. The molecule has 15 heavy (non-hydrogen) atoms. The molecule has 2 fully saturated rings. The van der Waals surface area contributed by atoms with Crippen molar-refractivity contribution in [2.45, 2.75) is 37.8 Å². The SMILES string of the molecule is CN1CCCN(C)C(C(N)CC2CC2)C1. The lowest BCUT2D eigenvalue weighted by Gasteiger charge is -2.32. The quantitative estimate of drug-likeness (QED) is 0.748. The Morgan fingerprint density at radius 3 is 2.67 bits per heavy atom. The average molecular weight is 211 g/mol. The van der Waals surface area contributed by atoms with E-state index < -0.39 is 0 Å². The summed E-state index contributed by atoms with van der Waals surface area (Å²) in [5, 5.41) is 0. The van der Waals surface area contributed by atoms with Gasteiger partial charge in [0.05, 0.1) is 0 Å². The minimum absolute atomic E-state index is 0.378. The summed E-state index contributed by atoms with van der Waals surface area (Å²) in [6, 6.07) is 0.946. The summed E-state index contributed by atoms with van der Waals surface area (Å²) in [5.74, 6) is 0.946. The number of hydrogen-bond acceptors (Lipinski definition) is 3. The lowest BCUT2D eigenvalue weighted by Crippen LogP contribution is -2.50. The van der Waals surface area contributed by atoms with Crippen LogP contribution < -0.4 is 5.73 Å². The maximum Gasteiger partial charge on any atom is 0.0371 e. The van der Waals surface area contributed by atoms with Crippen molar-refractivity contribution < 1.29 is 0 Å². The van der Waals surface area contributed by atoms with Crippen LogP contribution in [0.1, 0.15) is 25.7 Å². The van der Waals surface area contributed by atoms with E-state index in [1.165, 1.54) is 38.8 Å². The summed E-state index contributed by atoms with van der Waals surface area (Å²) in [6.07, 6.45) is 5.35. The van der Waals surface area contributed by atoms with E-state index in [1.54, 1.807) is 0 Å². The van der Waals surface area contributed by atoms with Crippen LogP contribution in [0.3, 0.4) is 0 Å². The summed E-state index contributed by atoms with van der Waals surface area (Å²) in [6.45, 7) is 3.56. The van der Waals surface area contributed by atoms with Gasteiger partial charge >= 0.3 is 0 Å². The topological polar surface area (TPSA) is 32.5 Å². The van der Waals surface area contributed by atoms with Gasteiger partial charge in [-0.05, 0) is 45.9 Å². The molecule has 0 radical (unpaired) electrons. The highest BCUT2D eigenvalue weighted by molar-refractivity contribution is 4.89. The van der Waals surface area contributed by atoms with Crippen LogP contribution >= 0.6 is 0 Å². The van der Waals surface area contributed by atoms with Gasteiger partial charge in [0.15, 0.2) is 0 Å². The van der Waals surface area contributed by atoms with Crippen LogP contribution in [0.15, 0.2) is 0 Å². The van der Waals surface area contributed by atoms with Crippen molar-refractivity contribution >= 4 is 0 Å². The molecule has 1 aliphatic carbocycles. The summed E-state index contributed by atoms with van der Waals surface area (Å²) < 4.78 is 0. The number of hydrogen-bond donors (Lipinski definition) is 1. The van der Waals surface area contributed by atoms with Crippen LogP contribution in [0.4, 0.5) is 0 Å². The number of nitrogens with zero attached hydrogens (tertiary/aromatic N) is 2. The molecule has 2 aliphatic rings. The van der Waals surface area contributed by atoms with Gasteiger partial charge in [0.1, 0.15) is 0 Å². The van der Waals surface area contributed by atoms with Crippen molar-refractivity contribution in [1.82, 2.24) is 9.80 Å². The summed E-state index contributed by atoms with van der Waals surface area (Å²) in [5.41, 5.74) is 6.34. The number of nitrogens with two attached hydrogens (primary N) is 1. The average Bonchev–Trinajstić information content (AvgIpc) is 2.97. The zero-order valence-corrected chi connectivity index (χ0v) is 10.2. The van der Waals surface area contributed by atoms with Gasteiger partial charge in [0.25, 0.3) is 0 Å². The minimum Gasteiger partial charge on any atom is -0.326 e. The molecule has 0 aromatic heterocycles. The summed E-state index contributed by atoms with van der Waals surface area (Å²) >= 11 is 0. The Hall–Kier alpha value is -0.120. The fourth-order valence-electron chi connectivity index (χ4n) is 2.66. The molecule has 1 saturated carbocycles. The third kappa shape index (κ3) is 3.16. The van der Waals surface area contributed by atoms with Gasteiger partial charge in [-0.15, -0.1) is 0 Å². The molecule has 0 spiro atoms. The van der Waals surface area contributed by atoms with Crippen LogP contribution in [0.25, 0.3) is 0 Å². The van der Waals surface area contributed by atoms with Crippen LogP contribution in [-0.4, -0.2) is 55.6 Å². The van der Waals surface area contributed by atoms with Gasteiger partial charge < -0.3 is 15.5 Å². The Balaban J connectivity index is 1.89. The van der Waals surface area contributed by atoms with Crippen molar-refractivity contribution in [3.63, 3.8) is 0 Å². The Bertz CT molecular complexity index is 203. The second-order valence-electron chi connectivity index (χ2n) is 5.51. The van der Waals surface area contributed by atoms with Crippen LogP contribution in [-0.2, 0) is 0 Å². The third-order valence-corrected chi connectivity index (χ3v) is 3.91. The Morgan fingerprint density at radius 2 is 2.00 bits per heavy atom. The van der Waals surface area contributed by atoms with Crippen molar-refractivity contribution in [1.29, 1.82) is 0 Å². The first kappa shape index (κ1) is 11.4. The van der Waals surface area contributed by atoms with Crippen molar-refractivity contribution in [3.05, 3.63) is 0 Å². The van der Waals surface area contributed by atoms with E-state index >= 15 is 0 Å². The Morgan fingerprint density at radius 1 is 1.27 bits per heavy atom. The zero-order chi connectivity index (χ0) is 10.8. The van der Waals surface area contributed by atoms with Crippen molar-refractivity contribution in [3.8, 4) is 0 Å². The first-order valence-corrected chi connectivity index (χ1v) is 6.31. The molecule has 3 nitrogen and oxygen atoms in total. The highest BCUT2D eigenvalue weighted by atomic mass is 15.2. The van der Waals surface area contributed by atoms with E-state index in [2.05, 4.69) is 23.9 Å². The van der Waals surface area contributed by atoms with Gasteiger partial charge in [-0.25, -0.2) is 0 Å². The molecular weight excluding hydrogens is 186 g/mol. The molecule has 0 aromatic rings. The van der Waals surface area contributed by atoms with Crippen LogP contribution in [0.2, 0.25) is 0 Å². The monoisotopic (exact) mass is 211 g/mol. The van der Waals surface area contributed by atoms with Crippen LogP contribution in [0, 0.1) is 5.92 Å². The highest BCUT2D eigenvalue weighted by Gasteiger charge is 2.31. The molecule has 3 heteroatoms. The standard InChI is InChI=1S/C12H25N3/c1-14-6-3-7-15(2)12(9-14)11(13)8-10-4-5-10/h10-12H,3-9,13H2,1-2H3. The lowest BCUT2D eigenvalue weighted by molar-refractivity contribution is 0.188. The number of likely N-dealkylation sites (N-methyl/N-ethyl adjacent to an activating group) is 2. The predicted molar refractivity (Wildman–Crippen MR) is 63.8 cm³/mol. The molecule has 1 saturated heterocycles. The predicted octanol–water partition coefficient (Wildman–Crippen LogP) is 0.750. The summed E-state index contributed by atoms with van der Waals surface area (Å²) in [4.78, 5) is 4.90. The first-order valence-electron chi connectivity index (χ1n) is 6.31. The molecule has 0 bridgehead atoms. The molecule has 1 heterocycles. The van der Waals surface area contributed by atoms with E-state index in [4.69, 9.17) is 5.73 Å². The van der Waals surface area contributed by atoms with Gasteiger partial charge in [0.2, 0.25) is 0 Å². The molecule has 2 unspecified atom stereocenters. The largest absolute Gasteiger partial charge is 0.326 e. The maximum atomic E-state index is 6.34. The maximum absolute atomic E-state index is 6.34. The molecule has 2 rings (SSSR count). The van der Waals surface area contributed by atoms with E-state index in [-0.39, 0.29) is 0 Å². The van der Waals surface area contributed by atoms with Crippen molar-refractivity contribution in [2.75, 3.05) is 33.7 Å². The minimum atomic E-state index is 0.378. The number of rotatable bonds is 3. The van der Waals surface area contributed by atoms with E-state index in [1.807, 2.05) is 0 Å². The third-order valence-electron chi connectivity index (χ3n) is 3.91. The summed E-state index contributed by atoms with van der Waals surface area (Å²) in [7, 11) is 4.45. The van der Waals surface area contributed by atoms with Gasteiger partial charge in [0, 0.05) is 18.6 Å². The molecule has 1 aliphatic heterocycles. The lowest BCUT2D eigenvalue weighted by atomic mass is 10.0. The molecule has 0 amide bonds. The van der Waals surface area contributed by atoms with Gasteiger partial charge in [-0.3, -0.25) is 0 Å². The molecular formula is C12H25N3. The fraction of sp³-hybridized carbons (Fsp3) is 1.00.